The molecule has 1 aliphatic heterocycles. The number of nitrogens with one attached hydrogen (secondary N) is 1. The van der Waals surface area contributed by atoms with Gasteiger partial charge in [-0.25, -0.2) is 9.97 Å². The first-order chi connectivity index (χ1) is 13.1. The van der Waals surface area contributed by atoms with Crippen molar-refractivity contribution >= 4 is 23.3 Å². The lowest BCUT2D eigenvalue weighted by molar-refractivity contribution is 0.102. The molecule has 0 spiro atoms. The molecular formula is C21H21ClN4O. The molecule has 3 aromatic rings. The Morgan fingerprint density at radius 1 is 1.11 bits per heavy atom. The number of aryl methyl sites for hydroxylation is 1. The van der Waals surface area contributed by atoms with Gasteiger partial charge in [0.2, 0.25) is 0 Å². The van der Waals surface area contributed by atoms with Crippen molar-refractivity contribution in [1.82, 2.24) is 14.5 Å². The molecule has 0 bridgehead atoms. The molecule has 1 aliphatic rings. The number of carbonyl (C=O) groups excluding carboxylic acids is 1. The van der Waals surface area contributed by atoms with Crippen LogP contribution in [0.5, 0.6) is 0 Å². The van der Waals surface area contributed by atoms with E-state index in [9.17, 15) is 4.79 Å². The number of fused-ring (bicyclic) bond motifs is 1. The van der Waals surface area contributed by atoms with Gasteiger partial charge in [0.15, 0.2) is 0 Å². The third-order valence-corrected chi connectivity index (χ3v) is 5.09. The largest absolute Gasteiger partial charge is 0.327 e. The summed E-state index contributed by atoms with van der Waals surface area (Å²) < 4.78 is 2.19. The Hall–Kier alpha value is -2.66. The molecule has 0 aliphatic carbocycles. The highest BCUT2D eigenvalue weighted by Gasteiger charge is 2.24. The number of halogens is 1. The van der Waals surface area contributed by atoms with Crippen LogP contribution >= 0.6 is 11.6 Å². The number of amides is 1. The molecule has 0 atom stereocenters. The van der Waals surface area contributed by atoms with Crippen LogP contribution in [-0.4, -0.2) is 20.4 Å². The molecule has 0 saturated carbocycles. The summed E-state index contributed by atoms with van der Waals surface area (Å²) in [5, 5.41) is 3.57. The molecule has 1 aromatic carbocycles. The fourth-order valence-electron chi connectivity index (χ4n) is 3.44. The quantitative estimate of drug-likeness (QED) is 0.704. The average molecular weight is 381 g/mol. The molecule has 0 unspecified atom stereocenters. The maximum Gasteiger partial charge on any atom is 0.277 e. The summed E-state index contributed by atoms with van der Waals surface area (Å²) in [4.78, 5) is 21.9. The number of nitrogens with zero attached hydrogens (tertiary/aromatic N) is 3. The minimum Gasteiger partial charge on any atom is -0.327 e. The predicted molar refractivity (Wildman–Crippen MR) is 107 cm³/mol. The molecule has 3 heterocycles. The van der Waals surface area contributed by atoms with Gasteiger partial charge in [0, 0.05) is 23.3 Å². The van der Waals surface area contributed by atoms with Gasteiger partial charge in [-0.05, 0) is 62.1 Å². The van der Waals surface area contributed by atoms with Crippen molar-refractivity contribution in [1.29, 1.82) is 0 Å². The number of imidazole rings is 1. The minimum atomic E-state index is -0.211. The fraction of sp³-hybridized carbons (Fsp3) is 0.286. The first kappa shape index (κ1) is 17.7. The molecule has 0 saturated heterocycles. The first-order valence-electron chi connectivity index (χ1n) is 9.21. The maximum absolute atomic E-state index is 12.9. The second-order valence-corrected chi connectivity index (χ2v) is 7.31. The number of pyridine rings is 1. The molecule has 1 N–H and O–H groups in total. The van der Waals surface area contributed by atoms with Gasteiger partial charge in [0.05, 0.1) is 5.69 Å². The lowest BCUT2D eigenvalue weighted by atomic mass is 10.1. The van der Waals surface area contributed by atoms with Gasteiger partial charge < -0.3 is 9.88 Å². The molecular weight excluding hydrogens is 360 g/mol. The number of anilines is 1. The van der Waals surface area contributed by atoms with Gasteiger partial charge in [-0.2, -0.15) is 0 Å². The van der Waals surface area contributed by atoms with Gasteiger partial charge in [-0.3, -0.25) is 4.79 Å². The number of benzene rings is 1. The lowest BCUT2D eigenvalue weighted by Crippen LogP contribution is -2.16. The van der Waals surface area contributed by atoms with E-state index in [1.807, 2.05) is 43.3 Å². The van der Waals surface area contributed by atoms with Crippen LogP contribution in [0, 0.1) is 6.92 Å². The molecule has 4 rings (SSSR count). The Morgan fingerprint density at radius 2 is 1.93 bits per heavy atom. The first-order valence-corrected chi connectivity index (χ1v) is 9.59. The van der Waals surface area contributed by atoms with Crippen molar-refractivity contribution in [2.75, 3.05) is 5.32 Å². The van der Waals surface area contributed by atoms with Crippen LogP contribution in [0.1, 0.15) is 41.0 Å². The monoisotopic (exact) mass is 380 g/mol. The maximum atomic E-state index is 12.9. The van der Waals surface area contributed by atoms with Crippen LogP contribution in [0.2, 0.25) is 5.02 Å². The predicted octanol–water partition coefficient (Wildman–Crippen LogP) is 4.89. The average Bonchev–Trinajstić information content (AvgIpc) is 2.86. The van der Waals surface area contributed by atoms with Crippen molar-refractivity contribution in [2.45, 2.75) is 39.2 Å². The fourth-order valence-corrected chi connectivity index (χ4v) is 3.56. The molecule has 0 radical (unpaired) electrons. The van der Waals surface area contributed by atoms with Crippen LogP contribution in [0.3, 0.4) is 0 Å². The molecule has 1 amide bonds. The van der Waals surface area contributed by atoms with Crippen molar-refractivity contribution in [3.63, 3.8) is 0 Å². The highest BCUT2D eigenvalue weighted by molar-refractivity contribution is 6.30. The van der Waals surface area contributed by atoms with Crippen LogP contribution in [0.15, 0.2) is 42.6 Å². The summed E-state index contributed by atoms with van der Waals surface area (Å²) >= 11 is 6.03. The van der Waals surface area contributed by atoms with Gasteiger partial charge in [0.25, 0.3) is 5.91 Å². The van der Waals surface area contributed by atoms with E-state index in [2.05, 4.69) is 14.9 Å². The Labute approximate surface area is 163 Å². The molecule has 27 heavy (non-hydrogen) atoms. The summed E-state index contributed by atoms with van der Waals surface area (Å²) in [5.74, 6) is 1.15. The second kappa shape index (κ2) is 7.53. The zero-order chi connectivity index (χ0) is 18.8. The van der Waals surface area contributed by atoms with Crippen LogP contribution in [-0.2, 0) is 13.0 Å². The van der Waals surface area contributed by atoms with Crippen LogP contribution in [0.4, 0.5) is 5.82 Å². The molecule has 138 valence electrons. The molecule has 5 nitrogen and oxygen atoms in total. The van der Waals surface area contributed by atoms with E-state index in [4.69, 9.17) is 16.6 Å². The van der Waals surface area contributed by atoms with Crippen molar-refractivity contribution in [2.24, 2.45) is 0 Å². The van der Waals surface area contributed by atoms with Crippen molar-refractivity contribution in [3.8, 4) is 11.4 Å². The third kappa shape index (κ3) is 3.74. The Morgan fingerprint density at radius 3 is 2.67 bits per heavy atom. The van der Waals surface area contributed by atoms with E-state index in [0.29, 0.717) is 16.5 Å². The second-order valence-electron chi connectivity index (χ2n) is 6.87. The van der Waals surface area contributed by atoms with E-state index in [0.717, 1.165) is 54.9 Å². The highest BCUT2D eigenvalue weighted by Crippen LogP contribution is 2.28. The number of carbonyl (C=O) groups is 1. The van der Waals surface area contributed by atoms with Gasteiger partial charge >= 0.3 is 0 Å². The van der Waals surface area contributed by atoms with Gasteiger partial charge in [0.1, 0.15) is 17.3 Å². The number of rotatable bonds is 3. The van der Waals surface area contributed by atoms with E-state index >= 15 is 0 Å². The van der Waals surface area contributed by atoms with Crippen LogP contribution < -0.4 is 5.32 Å². The normalized spacial score (nSPS) is 13.7. The molecule has 2 aromatic heterocycles. The number of aromatic nitrogens is 3. The number of hydrogen-bond acceptors (Lipinski definition) is 3. The van der Waals surface area contributed by atoms with Crippen molar-refractivity contribution < 1.29 is 4.79 Å². The lowest BCUT2D eigenvalue weighted by Gasteiger charge is -2.09. The zero-order valence-corrected chi connectivity index (χ0v) is 16.0. The SMILES string of the molecule is Cc1ccc(NC(=O)c2nc(-c3ccc(Cl)cc3)n3c2CCCCC3)nc1. The standard InChI is InChI=1S/C21H21ClN4O/c1-14-6-11-18(23-13-14)24-21(27)19-17-5-3-2-4-12-26(17)20(25-19)15-7-9-16(22)10-8-15/h6-11,13H,2-5,12H2,1H3,(H,23,24,27). The van der Waals surface area contributed by atoms with Crippen LogP contribution in [0.25, 0.3) is 11.4 Å². The Kier molecular flexibility index (Phi) is 4.94. The summed E-state index contributed by atoms with van der Waals surface area (Å²) in [7, 11) is 0. The highest BCUT2D eigenvalue weighted by atomic mass is 35.5. The topological polar surface area (TPSA) is 59.8 Å². The summed E-state index contributed by atoms with van der Waals surface area (Å²) in [6.45, 7) is 2.84. The summed E-state index contributed by atoms with van der Waals surface area (Å²) in [6.07, 6.45) is 5.90. The third-order valence-electron chi connectivity index (χ3n) is 4.84. The van der Waals surface area contributed by atoms with E-state index in [1.54, 1.807) is 6.20 Å². The molecule has 6 heteroatoms. The van der Waals surface area contributed by atoms with Gasteiger partial charge in [-0.1, -0.05) is 24.1 Å². The van der Waals surface area contributed by atoms with E-state index in [-0.39, 0.29) is 5.91 Å². The van der Waals surface area contributed by atoms with Gasteiger partial charge in [-0.15, -0.1) is 0 Å². The zero-order valence-electron chi connectivity index (χ0n) is 15.2. The minimum absolute atomic E-state index is 0.211. The number of hydrogen-bond donors (Lipinski definition) is 1. The smallest absolute Gasteiger partial charge is 0.277 e. The van der Waals surface area contributed by atoms with Crippen molar-refractivity contribution in [3.05, 3.63) is 64.6 Å². The van der Waals surface area contributed by atoms with E-state index in [1.165, 1.54) is 0 Å². The molecule has 0 fully saturated rings. The van der Waals surface area contributed by atoms with E-state index < -0.39 is 0 Å². The Balaban J connectivity index is 1.72. The Bertz CT molecular complexity index is 961. The summed E-state index contributed by atoms with van der Waals surface area (Å²) in [5.41, 5.74) is 3.51. The summed E-state index contributed by atoms with van der Waals surface area (Å²) in [6, 6.07) is 11.3.